The molecule has 0 aromatic carbocycles. The zero-order valence-electron chi connectivity index (χ0n) is 8.01. The number of rotatable bonds is 3. The molecule has 2 aromatic heterocycles. The van der Waals surface area contributed by atoms with Gasteiger partial charge in [-0.3, -0.25) is 0 Å². The maximum atomic E-state index is 8.54. The van der Waals surface area contributed by atoms with Crippen molar-refractivity contribution in [2.45, 2.75) is 6.54 Å². The molecule has 0 spiro atoms. The fourth-order valence-electron chi connectivity index (χ4n) is 1.02. The van der Waals surface area contributed by atoms with Crippen molar-refractivity contribution in [2.24, 2.45) is 0 Å². The second-order valence-corrected chi connectivity index (χ2v) is 4.28. The van der Waals surface area contributed by atoms with Crippen LogP contribution in [-0.4, -0.2) is 15.0 Å². The molecule has 0 aliphatic rings. The van der Waals surface area contributed by atoms with E-state index in [0.29, 0.717) is 22.5 Å². The van der Waals surface area contributed by atoms with Gasteiger partial charge in [-0.1, -0.05) is 11.6 Å². The first-order valence-corrected chi connectivity index (χ1v) is 5.59. The summed E-state index contributed by atoms with van der Waals surface area (Å²) in [6.45, 7) is 0.532. The number of hydrogen-bond donors (Lipinski definition) is 1. The van der Waals surface area contributed by atoms with Crippen LogP contribution in [0.1, 0.15) is 11.4 Å². The lowest BCUT2D eigenvalue weighted by molar-refractivity contribution is 1.04. The van der Waals surface area contributed by atoms with Crippen molar-refractivity contribution >= 4 is 28.8 Å². The molecule has 16 heavy (non-hydrogen) atoms. The number of nitrogens with zero attached hydrogens (tertiary/aromatic N) is 4. The van der Waals surface area contributed by atoms with Gasteiger partial charge in [0.2, 0.25) is 0 Å². The van der Waals surface area contributed by atoms with Crippen molar-refractivity contribution in [3.8, 4) is 6.07 Å². The van der Waals surface area contributed by atoms with Gasteiger partial charge in [0.15, 0.2) is 10.2 Å². The first-order valence-electron chi connectivity index (χ1n) is 4.34. The van der Waals surface area contributed by atoms with Gasteiger partial charge in [-0.25, -0.2) is 15.0 Å². The fraction of sp³-hybridized carbons (Fsp3) is 0.111. The van der Waals surface area contributed by atoms with Crippen molar-refractivity contribution in [2.75, 3.05) is 5.32 Å². The maximum Gasteiger partial charge on any atom is 0.183 e. The Labute approximate surface area is 101 Å². The molecule has 2 aromatic rings. The highest BCUT2D eigenvalue weighted by atomic mass is 35.5. The minimum Gasteiger partial charge on any atom is -0.363 e. The predicted molar refractivity (Wildman–Crippen MR) is 61.2 cm³/mol. The van der Waals surface area contributed by atoms with Crippen LogP contribution in [0.15, 0.2) is 17.8 Å². The number of halogens is 1. The van der Waals surface area contributed by atoms with Crippen LogP contribution < -0.4 is 5.32 Å². The molecule has 0 bridgehead atoms. The van der Waals surface area contributed by atoms with E-state index < -0.39 is 0 Å². The predicted octanol–water partition coefficient (Wildman–Crippen LogP) is 2.07. The zero-order valence-corrected chi connectivity index (χ0v) is 9.59. The Balaban J connectivity index is 1.97. The van der Waals surface area contributed by atoms with E-state index in [4.69, 9.17) is 16.9 Å². The van der Waals surface area contributed by atoms with Crippen molar-refractivity contribution in [1.29, 1.82) is 5.26 Å². The first-order chi connectivity index (χ1) is 7.78. The van der Waals surface area contributed by atoms with Crippen LogP contribution in [0.4, 0.5) is 5.82 Å². The highest BCUT2D eigenvalue weighted by Gasteiger charge is 2.00. The molecule has 80 valence electrons. The van der Waals surface area contributed by atoms with E-state index in [0.717, 1.165) is 5.69 Å². The van der Waals surface area contributed by atoms with Crippen LogP contribution >= 0.6 is 22.9 Å². The number of nitriles is 1. The van der Waals surface area contributed by atoms with Gasteiger partial charge in [0.05, 0.1) is 24.6 Å². The summed E-state index contributed by atoms with van der Waals surface area (Å²) in [5, 5.41) is 13.4. The minimum absolute atomic E-state index is 0.294. The standard InChI is InChI=1S/C9H6ClN5S/c10-9-15-7(5-16-9)3-14-8-4-12-6(1-11)2-13-8/h2,4-5H,3H2,(H,13,14). The molecule has 5 nitrogen and oxygen atoms in total. The zero-order chi connectivity index (χ0) is 11.4. The summed E-state index contributed by atoms with van der Waals surface area (Å²) in [5.74, 6) is 0.600. The van der Waals surface area contributed by atoms with Gasteiger partial charge in [-0.05, 0) is 0 Å². The molecule has 0 radical (unpaired) electrons. The summed E-state index contributed by atoms with van der Waals surface area (Å²) in [4.78, 5) is 12.0. The summed E-state index contributed by atoms with van der Waals surface area (Å²) in [5.41, 5.74) is 1.14. The molecule has 0 aliphatic heterocycles. The average Bonchev–Trinajstić information content (AvgIpc) is 2.73. The molecule has 0 atom stereocenters. The minimum atomic E-state index is 0.294. The number of nitrogens with one attached hydrogen (secondary N) is 1. The highest BCUT2D eigenvalue weighted by Crippen LogP contribution is 2.15. The van der Waals surface area contributed by atoms with Crippen LogP contribution in [0.5, 0.6) is 0 Å². The van der Waals surface area contributed by atoms with Crippen molar-refractivity contribution in [1.82, 2.24) is 15.0 Å². The largest absolute Gasteiger partial charge is 0.363 e. The Morgan fingerprint density at radius 2 is 2.31 bits per heavy atom. The van der Waals surface area contributed by atoms with Crippen molar-refractivity contribution in [3.63, 3.8) is 0 Å². The van der Waals surface area contributed by atoms with E-state index in [1.165, 1.54) is 23.7 Å². The SMILES string of the molecule is N#Cc1cnc(NCc2csc(Cl)n2)cn1. The van der Waals surface area contributed by atoms with Gasteiger partial charge in [0.1, 0.15) is 11.9 Å². The van der Waals surface area contributed by atoms with Gasteiger partial charge in [-0.2, -0.15) is 5.26 Å². The van der Waals surface area contributed by atoms with Gasteiger partial charge < -0.3 is 5.32 Å². The second kappa shape index (κ2) is 4.88. The summed E-state index contributed by atoms with van der Waals surface area (Å²) in [7, 11) is 0. The summed E-state index contributed by atoms with van der Waals surface area (Å²) < 4.78 is 0.516. The van der Waals surface area contributed by atoms with E-state index >= 15 is 0 Å². The Kier molecular flexibility index (Phi) is 3.29. The third kappa shape index (κ3) is 2.66. The number of aromatic nitrogens is 3. The van der Waals surface area contributed by atoms with Crippen LogP contribution in [0, 0.1) is 11.3 Å². The lowest BCUT2D eigenvalue weighted by atomic mass is 10.4. The van der Waals surface area contributed by atoms with Crippen molar-refractivity contribution < 1.29 is 0 Å². The summed E-state index contributed by atoms with van der Waals surface area (Å²) >= 11 is 7.08. The molecule has 0 amide bonds. The Morgan fingerprint density at radius 3 is 2.88 bits per heavy atom. The second-order valence-electron chi connectivity index (χ2n) is 2.84. The van der Waals surface area contributed by atoms with Crippen LogP contribution in [-0.2, 0) is 6.54 Å². The molecule has 1 N–H and O–H groups in total. The molecule has 0 unspecified atom stereocenters. The van der Waals surface area contributed by atoms with Gasteiger partial charge in [0.25, 0.3) is 0 Å². The molecule has 2 rings (SSSR count). The maximum absolute atomic E-state index is 8.54. The number of anilines is 1. The summed E-state index contributed by atoms with van der Waals surface area (Å²) in [6.07, 6.45) is 2.92. The molecule has 0 aliphatic carbocycles. The topological polar surface area (TPSA) is 74.5 Å². The molecule has 0 saturated heterocycles. The van der Waals surface area contributed by atoms with Gasteiger partial charge in [-0.15, -0.1) is 11.3 Å². The fourth-order valence-corrected chi connectivity index (χ4v) is 1.80. The van der Waals surface area contributed by atoms with E-state index in [1.807, 2.05) is 11.4 Å². The smallest absolute Gasteiger partial charge is 0.183 e. The molecule has 0 fully saturated rings. The van der Waals surface area contributed by atoms with E-state index in [1.54, 1.807) is 0 Å². The molecule has 7 heteroatoms. The summed E-state index contributed by atoms with van der Waals surface area (Å²) in [6, 6.07) is 1.90. The normalized spacial score (nSPS) is 9.75. The van der Waals surface area contributed by atoms with E-state index in [9.17, 15) is 0 Å². The molecule has 0 saturated carbocycles. The van der Waals surface area contributed by atoms with Crippen LogP contribution in [0.2, 0.25) is 4.47 Å². The van der Waals surface area contributed by atoms with Crippen LogP contribution in [0.25, 0.3) is 0 Å². The molecular formula is C9H6ClN5S. The molecular weight excluding hydrogens is 246 g/mol. The third-order valence-electron chi connectivity index (χ3n) is 1.74. The Hall–Kier alpha value is -1.71. The highest BCUT2D eigenvalue weighted by molar-refractivity contribution is 7.13. The van der Waals surface area contributed by atoms with E-state index in [-0.39, 0.29) is 0 Å². The average molecular weight is 252 g/mol. The third-order valence-corrected chi connectivity index (χ3v) is 2.77. The Morgan fingerprint density at radius 1 is 1.44 bits per heavy atom. The quantitative estimate of drug-likeness (QED) is 0.904. The lowest BCUT2D eigenvalue weighted by Crippen LogP contribution is -2.02. The first kappa shape index (κ1) is 10.8. The number of thiazole rings is 1. The van der Waals surface area contributed by atoms with E-state index in [2.05, 4.69) is 20.3 Å². The Bertz CT molecular complexity index is 515. The lowest BCUT2D eigenvalue weighted by Gasteiger charge is -2.01. The van der Waals surface area contributed by atoms with Gasteiger partial charge >= 0.3 is 0 Å². The monoisotopic (exact) mass is 251 g/mol. The van der Waals surface area contributed by atoms with Crippen molar-refractivity contribution in [3.05, 3.63) is 33.6 Å². The van der Waals surface area contributed by atoms with Gasteiger partial charge in [0, 0.05) is 5.38 Å². The van der Waals surface area contributed by atoms with Crippen LogP contribution in [0.3, 0.4) is 0 Å². The number of hydrogen-bond acceptors (Lipinski definition) is 6. The molecule has 2 heterocycles.